The molecule has 1 rings (SSSR count). The second kappa shape index (κ2) is 4.57. The van der Waals surface area contributed by atoms with Gasteiger partial charge in [0, 0.05) is 18.9 Å². The van der Waals surface area contributed by atoms with Gasteiger partial charge in [-0.3, -0.25) is 4.98 Å². The first-order valence-electron chi connectivity index (χ1n) is 3.93. The van der Waals surface area contributed by atoms with Gasteiger partial charge < -0.3 is 14.6 Å². The number of hydrogen-bond donors (Lipinski definition) is 1. The summed E-state index contributed by atoms with van der Waals surface area (Å²) in [7, 11) is 2.82. The summed E-state index contributed by atoms with van der Waals surface area (Å²) < 4.78 is 9.72. The van der Waals surface area contributed by atoms with E-state index in [-0.39, 0.29) is 0 Å². The summed E-state index contributed by atoms with van der Waals surface area (Å²) >= 11 is 0. The fraction of sp³-hybridized carbons (Fsp3) is 0.333. The smallest absolute Gasteiger partial charge is 0.337 e. The Kier molecular flexibility index (Phi) is 3.41. The molecule has 0 radical (unpaired) electrons. The number of ether oxygens (including phenoxy) is 2. The van der Waals surface area contributed by atoms with E-state index < -0.39 is 12.1 Å². The third kappa shape index (κ3) is 2.20. The number of rotatable bonds is 4. The topological polar surface area (TPSA) is 68.7 Å². The SMILES string of the molecule is COc1cncc([C@@H](OC)C(=O)O)c1. The highest BCUT2D eigenvalue weighted by Gasteiger charge is 2.19. The molecule has 0 aliphatic heterocycles. The van der Waals surface area contributed by atoms with Crippen LogP contribution in [-0.2, 0) is 9.53 Å². The first-order chi connectivity index (χ1) is 6.69. The monoisotopic (exact) mass is 197 g/mol. The predicted molar refractivity (Wildman–Crippen MR) is 48.2 cm³/mol. The van der Waals surface area contributed by atoms with Gasteiger partial charge in [0.2, 0.25) is 0 Å². The average Bonchev–Trinajstić information content (AvgIpc) is 2.19. The van der Waals surface area contributed by atoms with Crippen LogP contribution in [0.5, 0.6) is 5.75 Å². The highest BCUT2D eigenvalue weighted by atomic mass is 16.5. The molecule has 1 aromatic rings. The van der Waals surface area contributed by atoms with E-state index in [1.807, 2.05) is 0 Å². The number of pyridine rings is 1. The minimum Gasteiger partial charge on any atom is -0.495 e. The predicted octanol–water partition coefficient (Wildman–Crippen LogP) is 0.862. The van der Waals surface area contributed by atoms with E-state index >= 15 is 0 Å². The van der Waals surface area contributed by atoms with Crippen LogP contribution in [0.15, 0.2) is 18.5 Å². The number of aromatic nitrogens is 1. The second-order valence-corrected chi connectivity index (χ2v) is 2.61. The number of carboxylic acids is 1. The van der Waals surface area contributed by atoms with Gasteiger partial charge in [-0.05, 0) is 6.07 Å². The van der Waals surface area contributed by atoms with E-state index in [4.69, 9.17) is 14.6 Å². The molecule has 0 amide bonds. The summed E-state index contributed by atoms with van der Waals surface area (Å²) in [5, 5.41) is 8.80. The summed E-state index contributed by atoms with van der Waals surface area (Å²) in [4.78, 5) is 14.6. The fourth-order valence-electron chi connectivity index (χ4n) is 1.07. The van der Waals surface area contributed by atoms with Gasteiger partial charge in [0.25, 0.3) is 0 Å². The van der Waals surface area contributed by atoms with Gasteiger partial charge in [0.15, 0.2) is 6.10 Å². The lowest BCUT2D eigenvalue weighted by molar-refractivity contribution is -0.148. The zero-order valence-electron chi connectivity index (χ0n) is 7.93. The Labute approximate surface area is 81.3 Å². The van der Waals surface area contributed by atoms with Gasteiger partial charge in [-0.25, -0.2) is 4.79 Å². The molecule has 5 nitrogen and oxygen atoms in total. The summed E-state index contributed by atoms with van der Waals surface area (Å²) in [6.45, 7) is 0. The van der Waals surface area contributed by atoms with Gasteiger partial charge in [-0.1, -0.05) is 0 Å². The van der Waals surface area contributed by atoms with Crippen molar-refractivity contribution in [3.63, 3.8) is 0 Å². The van der Waals surface area contributed by atoms with Gasteiger partial charge in [0.05, 0.1) is 13.3 Å². The van der Waals surface area contributed by atoms with Crippen LogP contribution in [0.25, 0.3) is 0 Å². The van der Waals surface area contributed by atoms with Gasteiger partial charge >= 0.3 is 5.97 Å². The van der Waals surface area contributed by atoms with E-state index in [1.165, 1.54) is 26.6 Å². The Balaban J connectivity index is 2.98. The largest absolute Gasteiger partial charge is 0.495 e. The zero-order chi connectivity index (χ0) is 10.6. The molecule has 1 heterocycles. The van der Waals surface area contributed by atoms with Crippen LogP contribution in [0.4, 0.5) is 0 Å². The molecule has 0 saturated carbocycles. The molecule has 5 heteroatoms. The molecule has 0 unspecified atom stereocenters. The minimum absolute atomic E-state index is 0.458. The van der Waals surface area contributed by atoms with Crippen molar-refractivity contribution in [3.05, 3.63) is 24.0 Å². The van der Waals surface area contributed by atoms with Crippen LogP contribution in [0.1, 0.15) is 11.7 Å². The van der Waals surface area contributed by atoms with E-state index in [0.29, 0.717) is 11.3 Å². The molecule has 1 aromatic heterocycles. The van der Waals surface area contributed by atoms with Crippen LogP contribution >= 0.6 is 0 Å². The maximum atomic E-state index is 10.7. The molecule has 14 heavy (non-hydrogen) atoms. The molecule has 0 fully saturated rings. The maximum absolute atomic E-state index is 10.7. The lowest BCUT2D eigenvalue weighted by atomic mass is 10.1. The normalized spacial score (nSPS) is 12.1. The highest BCUT2D eigenvalue weighted by molar-refractivity contribution is 5.74. The van der Waals surface area contributed by atoms with Crippen LogP contribution in [0.2, 0.25) is 0 Å². The zero-order valence-corrected chi connectivity index (χ0v) is 7.93. The minimum atomic E-state index is -1.05. The van der Waals surface area contributed by atoms with Crippen molar-refractivity contribution in [3.8, 4) is 5.75 Å². The first kappa shape index (κ1) is 10.5. The molecule has 0 aliphatic carbocycles. The van der Waals surface area contributed by atoms with Gasteiger partial charge in [-0.15, -0.1) is 0 Å². The Bertz CT molecular complexity index is 326. The van der Waals surface area contributed by atoms with E-state index in [2.05, 4.69) is 4.98 Å². The third-order valence-corrected chi connectivity index (χ3v) is 1.73. The number of nitrogens with zero attached hydrogens (tertiary/aromatic N) is 1. The molecular weight excluding hydrogens is 186 g/mol. The summed E-state index contributed by atoms with van der Waals surface area (Å²) in [5.74, 6) is -0.548. The second-order valence-electron chi connectivity index (χ2n) is 2.61. The van der Waals surface area contributed by atoms with Crippen molar-refractivity contribution < 1.29 is 19.4 Å². The Morgan fingerprint density at radius 2 is 2.21 bits per heavy atom. The molecular formula is C9H11NO4. The Morgan fingerprint density at radius 1 is 1.50 bits per heavy atom. The van der Waals surface area contributed by atoms with Gasteiger partial charge in [-0.2, -0.15) is 0 Å². The molecule has 1 atom stereocenters. The van der Waals surface area contributed by atoms with Crippen LogP contribution in [-0.4, -0.2) is 30.3 Å². The van der Waals surface area contributed by atoms with Crippen LogP contribution in [0.3, 0.4) is 0 Å². The molecule has 0 bridgehead atoms. The quantitative estimate of drug-likeness (QED) is 0.775. The van der Waals surface area contributed by atoms with E-state index in [1.54, 1.807) is 6.07 Å². The standard InChI is InChI=1S/C9H11NO4/c1-13-7-3-6(4-10-5-7)8(14-2)9(11)12/h3-5,8H,1-2H3,(H,11,12)/t8-/m1/s1. The van der Waals surface area contributed by atoms with Gasteiger partial charge in [0.1, 0.15) is 5.75 Å². The number of carboxylic acid groups (broad SMARTS) is 1. The lowest BCUT2D eigenvalue weighted by Crippen LogP contribution is -2.13. The Morgan fingerprint density at radius 3 is 2.71 bits per heavy atom. The van der Waals surface area contributed by atoms with Crippen molar-refractivity contribution in [1.29, 1.82) is 0 Å². The first-order valence-corrected chi connectivity index (χ1v) is 3.93. The summed E-state index contributed by atoms with van der Waals surface area (Å²) in [6.07, 6.45) is 1.93. The lowest BCUT2D eigenvalue weighted by Gasteiger charge is -2.10. The molecule has 0 aliphatic rings. The summed E-state index contributed by atoms with van der Waals surface area (Å²) in [6, 6.07) is 1.58. The average molecular weight is 197 g/mol. The van der Waals surface area contributed by atoms with E-state index in [9.17, 15) is 4.79 Å². The fourth-order valence-corrected chi connectivity index (χ4v) is 1.07. The van der Waals surface area contributed by atoms with Crippen LogP contribution in [0, 0.1) is 0 Å². The molecule has 0 aromatic carbocycles. The third-order valence-electron chi connectivity index (χ3n) is 1.73. The number of aliphatic carboxylic acids is 1. The van der Waals surface area contributed by atoms with E-state index in [0.717, 1.165) is 0 Å². The summed E-state index contributed by atoms with van der Waals surface area (Å²) in [5.41, 5.74) is 0.458. The van der Waals surface area contributed by atoms with Crippen LogP contribution < -0.4 is 4.74 Å². The number of methoxy groups -OCH3 is 2. The van der Waals surface area contributed by atoms with Crippen molar-refractivity contribution in [1.82, 2.24) is 4.98 Å². The van der Waals surface area contributed by atoms with Crippen molar-refractivity contribution in [2.24, 2.45) is 0 Å². The van der Waals surface area contributed by atoms with Crippen molar-refractivity contribution in [2.45, 2.75) is 6.10 Å². The molecule has 0 spiro atoms. The molecule has 76 valence electrons. The number of carbonyl (C=O) groups is 1. The van der Waals surface area contributed by atoms with Crippen molar-refractivity contribution >= 4 is 5.97 Å². The van der Waals surface area contributed by atoms with Crippen molar-refractivity contribution in [2.75, 3.05) is 14.2 Å². The highest BCUT2D eigenvalue weighted by Crippen LogP contribution is 2.19. The number of hydrogen-bond acceptors (Lipinski definition) is 4. The maximum Gasteiger partial charge on any atom is 0.337 e. The Hall–Kier alpha value is -1.62. The molecule has 0 saturated heterocycles. The molecule has 1 N–H and O–H groups in total.